The number of nitrogens with two attached hydrogens (primary N) is 1. The maximum Gasteiger partial charge on any atom is 0.0888 e. The van der Waals surface area contributed by atoms with Crippen molar-refractivity contribution in [3.63, 3.8) is 0 Å². The van der Waals surface area contributed by atoms with E-state index in [1.165, 1.54) is 12.8 Å². The molecule has 0 bridgehead atoms. The number of benzene rings is 1. The van der Waals surface area contributed by atoms with E-state index in [9.17, 15) is 0 Å². The molecule has 1 aromatic rings. The summed E-state index contributed by atoms with van der Waals surface area (Å²) in [6.07, 6.45) is 4.47. The lowest BCUT2D eigenvalue weighted by Crippen LogP contribution is -2.50. The second-order valence-corrected chi connectivity index (χ2v) is 6.49. The number of hydrazine groups is 1. The molecule has 20 heavy (non-hydrogen) atoms. The van der Waals surface area contributed by atoms with Crippen LogP contribution >= 0.6 is 11.6 Å². The van der Waals surface area contributed by atoms with Crippen molar-refractivity contribution in [2.75, 3.05) is 7.11 Å². The van der Waals surface area contributed by atoms with E-state index in [1.54, 1.807) is 7.11 Å². The molecule has 0 heterocycles. The largest absolute Gasteiger partial charge is 0.376 e. The van der Waals surface area contributed by atoms with Gasteiger partial charge in [-0.3, -0.25) is 11.3 Å². The van der Waals surface area contributed by atoms with Gasteiger partial charge in [-0.25, -0.2) is 0 Å². The first kappa shape index (κ1) is 15.8. The van der Waals surface area contributed by atoms with Crippen LogP contribution in [0.5, 0.6) is 0 Å². The van der Waals surface area contributed by atoms with Crippen LogP contribution in [0.4, 0.5) is 0 Å². The van der Waals surface area contributed by atoms with E-state index in [-0.39, 0.29) is 11.6 Å². The number of ether oxygens (including phenoxy) is 1. The average molecular weight is 297 g/mol. The summed E-state index contributed by atoms with van der Waals surface area (Å²) in [6.45, 7) is 4.29. The third kappa shape index (κ3) is 3.01. The average Bonchev–Trinajstić information content (AvgIpc) is 2.43. The number of rotatable bonds is 4. The Morgan fingerprint density at radius 1 is 1.50 bits per heavy atom. The van der Waals surface area contributed by atoms with E-state index in [4.69, 9.17) is 22.2 Å². The first-order valence-electron chi connectivity index (χ1n) is 7.30. The second-order valence-electron chi connectivity index (χ2n) is 6.08. The molecule has 0 aliphatic heterocycles. The fourth-order valence-corrected chi connectivity index (χ4v) is 3.64. The highest BCUT2D eigenvalue weighted by Gasteiger charge is 2.42. The minimum absolute atomic E-state index is 0.0339. The summed E-state index contributed by atoms with van der Waals surface area (Å²) < 4.78 is 5.94. The minimum Gasteiger partial charge on any atom is -0.376 e. The van der Waals surface area contributed by atoms with Crippen molar-refractivity contribution in [1.29, 1.82) is 0 Å². The lowest BCUT2D eigenvalue weighted by Gasteiger charge is -2.44. The van der Waals surface area contributed by atoms with Crippen molar-refractivity contribution in [2.45, 2.75) is 51.2 Å². The molecule has 0 radical (unpaired) electrons. The number of aryl methyl sites for hydroxylation is 1. The van der Waals surface area contributed by atoms with Crippen LogP contribution in [-0.2, 0) is 4.74 Å². The second kappa shape index (κ2) is 6.44. The lowest BCUT2D eigenvalue weighted by atomic mass is 9.73. The lowest BCUT2D eigenvalue weighted by molar-refractivity contribution is -0.0806. The molecule has 0 spiro atoms. The highest BCUT2D eigenvalue weighted by Crippen LogP contribution is 2.43. The van der Waals surface area contributed by atoms with Gasteiger partial charge in [0, 0.05) is 12.1 Å². The molecule has 0 saturated heterocycles. The van der Waals surface area contributed by atoms with Crippen molar-refractivity contribution in [2.24, 2.45) is 11.8 Å². The number of methoxy groups -OCH3 is 1. The van der Waals surface area contributed by atoms with Gasteiger partial charge in [0.15, 0.2) is 0 Å². The maximum atomic E-state index is 6.26. The van der Waals surface area contributed by atoms with Crippen LogP contribution < -0.4 is 11.3 Å². The van der Waals surface area contributed by atoms with Gasteiger partial charge in [0.25, 0.3) is 0 Å². The molecule has 0 aromatic heterocycles. The predicted molar refractivity (Wildman–Crippen MR) is 83.6 cm³/mol. The normalized spacial score (nSPS) is 28.4. The molecule has 3 unspecified atom stereocenters. The molecule has 3 atom stereocenters. The smallest absolute Gasteiger partial charge is 0.0888 e. The number of hydrogen-bond acceptors (Lipinski definition) is 3. The Bertz CT molecular complexity index is 466. The molecule has 1 saturated carbocycles. The number of hydrogen-bond donors (Lipinski definition) is 2. The fraction of sp³-hybridized carbons (Fsp3) is 0.625. The fourth-order valence-electron chi connectivity index (χ4n) is 3.45. The van der Waals surface area contributed by atoms with Gasteiger partial charge in [-0.1, -0.05) is 43.5 Å². The van der Waals surface area contributed by atoms with Crippen molar-refractivity contribution in [3.05, 3.63) is 34.3 Å². The minimum atomic E-state index is -0.245. The van der Waals surface area contributed by atoms with Crippen LogP contribution in [0.15, 0.2) is 18.2 Å². The highest BCUT2D eigenvalue weighted by molar-refractivity contribution is 6.31. The van der Waals surface area contributed by atoms with E-state index in [0.717, 1.165) is 29.0 Å². The summed E-state index contributed by atoms with van der Waals surface area (Å²) in [7, 11) is 1.79. The Morgan fingerprint density at radius 3 is 2.80 bits per heavy atom. The van der Waals surface area contributed by atoms with Gasteiger partial charge < -0.3 is 4.74 Å². The van der Waals surface area contributed by atoms with Crippen LogP contribution in [0.25, 0.3) is 0 Å². The summed E-state index contributed by atoms with van der Waals surface area (Å²) in [5, 5.41) is 0.776. The van der Waals surface area contributed by atoms with Gasteiger partial charge in [-0.15, -0.1) is 0 Å². The monoisotopic (exact) mass is 296 g/mol. The summed E-state index contributed by atoms with van der Waals surface area (Å²) in [5.41, 5.74) is 4.89. The van der Waals surface area contributed by atoms with Crippen molar-refractivity contribution >= 4 is 11.6 Å². The summed E-state index contributed by atoms with van der Waals surface area (Å²) in [5.74, 6) is 6.51. The summed E-state index contributed by atoms with van der Waals surface area (Å²) >= 11 is 6.26. The zero-order chi connectivity index (χ0) is 14.8. The molecule has 1 aliphatic carbocycles. The third-order valence-corrected chi connectivity index (χ3v) is 5.03. The van der Waals surface area contributed by atoms with E-state index in [1.807, 2.05) is 19.1 Å². The Morgan fingerprint density at radius 2 is 2.25 bits per heavy atom. The zero-order valence-electron chi connectivity index (χ0n) is 12.6. The molecule has 3 N–H and O–H groups in total. The van der Waals surface area contributed by atoms with Crippen LogP contribution in [0.3, 0.4) is 0 Å². The summed E-state index contributed by atoms with van der Waals surface area (Å²) in [6, 6.07) is 6.10. The highest BCUT2D eigenvalue weighted by atomic mass is 35.5. The van der Waals surface area contributed by atoms with Gasteiger partial charge in [-0.05, 0) is 42.9 Å². The van der Waals surface area contributed by atoms with E-state index >= 15 is 0 Å². The van der Waals surface area contributed by atoms with Gasteiger partial charge in [-0.2, -0.15) is 0 Å². The van der Waals surface area contributed by atoms with Gasteiger partial charge >= 0.3 is 0 Å². The first-order valence-corrected chi connectivity index (χ1v) is 7.67. The van der Waals surface area contributed by atoms with Gasteiger partial charge in [0.05, 0.1) is 11.6 Å². The Kier molecular flexibility index (Phi) is 5.08. The van der Waals surface area contributed by atoms with Crippen LogP contribution in [-0.4, -0.2) is 12.7 Å². The van der Waals surface area contributed by atoms with E-state index < -0.39 is 0 Å². The Hall–Kier alpha value is -0.610. The Labute approximate surface area is 126 Å². The van der Waals surface area contributed by atoms with E-state index in [2.05, 4.69) is 18.4 Å². The number of nitrogens with one attached hydrogen (secondary N) is 1. The van der Waals surface area contributed by atoms with Gasteiger partial charge in [0.1, 0.15) is 0 Å². The molecule has 0 amide bonds. The zero-order valence-corrected chi connectivity index (χ0v) is 13.3. The molecule has 112 valence electrons. The molecule has 3 nitrogen and oxygen atoms in total. The predicted octanol–water partition coefficient (Wildman–Crippen LogP) is 3.75. The van der Waals surface area contributed by atoms with Crippen molar-refractivity contribution < 1.29 is 4.74 Å². The van der Waals surface area contributed by atoms with E-state index in [0.29, 0.717) is 5.92 Å². The molecule has 4 heteroatoms. The Balaban J connectivity index is 2.35. The van der Waals surface area contributed by atoms with Crippen LogP contribution in [0, 0.1) is 12.8 Å². The standard InChI is InChI=1S/C16H25ClN2O/c1-11-5-4-8-16(10-11,20-3)15(19-18)13-7-6-12(2)14(17)9-13/h6-7,9,11,15,19H,4-5,8,10,18H2,1-3H3. The van der Waals surface area contributed by atoms with Crippen molar-refractivity contribution in [3.8, 4) is 0 Å². The molecule has 1 fully saturated rings. The quantitative estimate of drug-likeness (QED) is 0.657. The topological polar surface area (TPSA) is 47.3 Å². The molecule has 1 aliphatic rings. The molecule has 2 rings (SSSR count). The number of halogens is 1. The maximum absolute atomic E-state index is 6.26. The van der Waals surface area contributed by atoms with Crippen LogP contribution in [0.1, 0.15) is 49.8 Å². The molecular weight excluding hydrogens is 272 g/mol. The third-order valence-electron chi connectivity index (χ3n) is 4.62. The first-order chi connectivity index (χ1) is 9.52. The molecular formula is C16H25ClN2O. The van der Waals surface area contributed by atoms with Crippen LogP contribution in [0.2, 0.25) is 5.02 Å². The molecule has 1 aromatic carbocycles. The van der Waals surface area contributed by atoms with Crippen molar-refractivity contribution in [1.82, 2.24) is 5.43 Å². The SMILES string of the molecule is COC1(C(NN)c2ccc(C)c(Cl)c2)CCCC(C)C1. The van der Waals surface area contributed by atoms with Gasteiger partial charge in [0.2, 0.25) is 0 Å². The summed E-state index contributed by atoms with van der Waals surface area (Å²) in [4.78, 5) is 0.